The second kappa shape index (κ2) is 5.55. The van der Waals surface area contributed by atoms with Crippen molar-refractivity contribution in [1.29, 1.82) is 0 Å². The number of aromatic nitrogens is 1. The molecule has 0 fully saturated rings. The van der Waals surface area contributed by atoms with Gasteiger partial charge in [0.25, 0.3) is 0 Å². The maximum atomic E-state index is 11.1. The molecule has 0 aliphatic heterocycles. The van der Waals surface area contributed by atoms with E-state index in [0.29, 0.717) is 5.56 Å². The molecule has 98 valence electrons. The smallest absolute Gasteiger partial charge is 0.150 e. The topological polar surface area (TPSA) is 30.0 Å². The summed E-state index contributed by atoms with van der Waals surface area (Å²) in [7, 11) is 0. The van der Waals surface area contributed by atoms with Crippen LogP contribution in [0.3, 0.4) is 0 Å². The van der Waals surface area contributed by atoms with Crippen molar-refractivity contribution in [3.63, 3.8) is 0 Å². The van der Waals surface area contributed by atoms with Crippen molar-refractivity contribution >= 4 is 33.0 Å². The molecule has 3 aromatic rings. The Morgan fingerprint density at radius 1 is 1.05 bits per heavy atom. The molecule has 1 heterocycles. The zero-order chi connectivity index (χ0) is 13.9. The van der Waals surface area contributed by atoms with E-state index in [9.17, 15) is 4.79 Å². The number of hydrogen-bond acceptors (Lipinski definition) is 2. The molecule has 0 unspecified atom stereocenters. The predicted octanol–water partition coefficient (Wildman–Crippen LogP) is 4.40. The van der Waals surface area contributed by atoms with E-state index in [-0.39, 0.29) is 0 Å². The van der Waals surface area contributed by atoms with Gasteiger partial charge >= 0.3 is 0 Å². The molecule has 2 aromatic carbocycles. The quantitative estimate of drug-likeness (QED) is 0.668. The van der Waals surface area contributed by atoms with E-state index in [0.717, 1.165) is 33.6 Å². The Balaban J connectivity index is 2.10. The summed E-state index contributed by atoms with van der Waals surface area (Å²) < 4.78 is 1.06. The summed E-state index contributed by atoms with van der Waals surface area (Å²) in [4.78, 5) is 15.6. The van der Waals surface area contributed by atoms with Gasteiger partial charge in [0.05, 0.1) is 5.69 Å². The molecular formula is C17H12BrNO. The van der Waals surface area contributed by atoms with Gasteiger partial charge < -0.3 is 0 Å². The number of carbonyl (C=O) groups is 1. The Labute approximate surface area is 125 Å². The molecular weight excluding hydrogens is 314 g/mol. The van der Waals surface area contributed by atoms with Crippen molar-refractivity contribution < 1.29 is 4.79 Å². The summed E-state index contributed by atoms with van der Waals surface area (Å²) in [6, 6.07) is 15.8. The summed E-state index contributed by atoms with van der Waals surface area (Å²) in [5.74, 6) is 0. The maximum absolute atomic E-state index is 11.1. The number of rotatable bonds is 3. The largest absolute Gasteiger partial charge is 0.298 e. The predicted molar refractivity (Wildman–Crippen MR) is 84.1 cm³/mol. The standard InChI is InChI=1S/C17H12BrNO/c18-14-5-1-3-12(9-14)10-17-16-6-2-4-13(11-20)15(16)7-8-19-17/h1-9,11H,10H2. The van der Waals surface area contributed by atoms with Crippen molar-refractivity contribution in [3.05, 3.63) is 76.0 Å². The molecule has 20 heavy (non-hydrogen) atoms. The van der Waals surface area contributed by atoms with Gasteiger partial charge in [-0.2, -0.15) is 0 Å². The van der Waals surface area contributed by atoms with Gasteiger partial charge in [0.2, 0.25) is 0 Å². The highest BCUT2D eigenvalue weighted by Gasteiger charge is 2.06. The van der Waals surface area contributed by atoms with Crippen LogP contribution in [-0.2, 0) is 6.42 Å². The molecule has 0 amide bonds. The monoisotopic (exact) mass is 325 g/mol. The zero-order valence-corrected chi connectivity index (χ0v) is 12.3. The number of halogens is 1. The Morgan fingerprint density at radius 3 is 2.70 bits per heavy atom. The van der Waals surface area contributed by atoms with E-state index in [1.54, 1.807) is 6.20 Å². The first-order valence-corrected chi connectivity index (χ1v) is 7.13. The molecule has 0 aliphatic rings. The summed E-state index contributed by atoms with van der Waals surface area (Å²) >= 11 is 3.48. The van der Waals surface area contributed by atoms with Crippen molar-refractivity contribution in [2.75, 3.05) is 0 Å². The number of aldehydes is 1. The van der Waals surface area contributed by atoms with Crippen LogP contribution in [0.25, 0.3) is 10.8 Å². The fourth-order valence-electron chi connectivity index (χ4n) is 2.38. The first-order valence-electron chi connectivity index (χ1n) is 6.34. The molecule has 0 radical (unpaired) electrons. The number of nitrogens with zero attached hydrogens (tertiary/aromatic N) is 1. The van der Waals surface area contributed by atoms with Gasteiger partial charge in [-0.15, -0.1) is 0 Å². The van der Waals surface area contributed by atoms with E-state index in [4.69, 9.17) is 0 Å². The molecule has 0 N–H and O–H groups in total. The average Bonchev–Trinajstić information content (AvgIpc) is 2.47. The third kappa shape index (κ3) is 2.49. The third-order valence-corrected chi connectivity index (χ3v) is 3.80. The lowest BCUT2D eigenvalue weighted by Crippen LogP contribution is -1.95. The van der Waals surface area contributed by atoms with E-state index in [1.807, 2.05) is 36.4 Å². The third-order valence-electron chi connectivity index (χ3n) is 3.31. The highest BCUT2D eigenvalue weighted by Crippen LogP contribution is 2.23. The fourth-order valence-corrected chi connectivity index (χ4v) is 2.82. The summed E-state index contributed by atoms with van der Waals surface area (Å²) in [6.45, 7) is 0. The molecule has 0 bridgehead atoms. The zero-order valence-electron chi connectivity index (χ0n) is 10.7. The van der Waals surface area contributed by atoms with Crippen LogP contribution in [0.5, 0.6) is 0 Å². The molecule has 3 heteroatoms. The highest BCUT2D eigenvalue weighted by atomic mass is 79.9. The highest BCUT2D eigenvalue weighted by molar-refractivity contribution is 9.10. The maximum Gasteiger partial charge on any atom is 0.150 e. The van der Waals surface area contributed by atoms with Gasteiger partial charge in [0, 0.05) is 28.0 Å². The van der Waals surface area contributed by atoms with Crippen LogP contribution in [0.1, 0.15) is 21.6 Å². The Morgan fingerprint density at radius 2 is 1.90 bits per heavy atom. The summed E-state index contributed by atoms with van der Waals surface area (Å²) in [6.07, 6.45) is 3.41. The van der Waals surface area contributed by atoms with Gasteiger partial charge in [-0.1, -0.05) is 46.3 Å². The van der Waals surface area contributed by atoms with Crippen molar-refractivity contribution in [2.45, 2.75) is 6.42 Å². The second-order valence-electron chi connectivity index (χ2n) is 4.62. The minimum atomic E-state index is 0.709. The number of hydrogen-bond donors (Lipinski definition) is 0. The van der Waals surface area contributed by atoms with E-state index in [2.05, 4.69) is 33.0 Å². The number of pyridine rings is 1. The first-order chi connectivity index (χ1) is 9.78. The van der Waals surface area contributed by atoms with Gasteiger partial charge in [-0.25, -0.2) is 0 Å². The van der Waals surface area contributed by atoms with E-state index >= 15 is 0 Å². The normalized spacial score (nSPS) is 10.7. The lowest BCUT2D eigenvalue weighted by atomic mass is 10.0. The molecule has 3 rings (SSSR count). The molecule has 0 aliphatic carbocycles. The van der Waals surface area contributed by atoms with Crippen LogP contribution in [0.4, 0.5) is 0 Å². The molecule has 0 atom stereocenters. The van der Waals surface area contributed by atoms with Crippen molar-refractivity contribution in [1.82, 2.24) is 4.98 Å². The molecule has 1 aromatic heterocycles. The van der Waals surface area contributed by atoms with Crippen molar-refractivity contribution in [3.8, 4) is 0 Å². The Kier molecular flexibility index (Phi) is 3.61. The van der Waals surface area contributed by atoms with E-state index in [1.165, 1.54) is 5.56 Å². The van der Waals surface area contributed by atoms with Crippen LogP contribution >= 0.6 is 15.9 Å². The lowest BCUT2D eigenvalue weighted by molar-refractivity contribution is 0.112. The van der Waals surface area contributed by atoms with Crippen LogP contribution < -0.4 is 0 Å². The molecule has 0 saturated heterocycles. The average molecular weight is 326 g/mol. The fraction of sp³-hybridized carbons (Fsp3) is 0.0588. The van der Waals surface area contributed by atoms with Gasteiger partial charge in [-0.05, 0) is 29.1 Å². The van der Waals surface area contributed by atoms with E-state index < -0.39 is 0 Å². The molecule has 0 spiro atoms. The van der Waals surface area contributed by atoms with Crippen LogP contribution in [0.2, 0.25) is 0 Å². The van der Waals surface area contributed by atoms with Crippen LogP contribution in [0, 0.1) is 0 Å². The van der Waals surface area contributed by atoms with Gasteiger partial charge in [0.15, 0.2) is 6.29 Å². The van der Waals surface area contributed by atoms with Crippen LogP contribution in [-0.4, -0.2) is 11.3 Å². The van der Waals surface area contributed by atoms with Gasteiger partial charge in [0.1, 0.15) is 0 Å². The summed E-state index contributed by atoms with van der Waals surface area (Å²) in [5.41, 5.74) is 2.89. The summed E-state index contributed by atoms with van der Waals surface area (Å²) in [5, 5.41) is 2.00. The minimum Gasteiger partial charge on any atom is -0.298 e. The molecule has 0 saturated carbocycles. The minimum absolute atomic E-state index is 0.709. The van der Waals surface area contributed by atoms with Gasteiger partial charge in [-0.3, -0.25) is 9.78 Å². The Bertz CT molecular complexity index is 783. The van der Waals surface area contributed by atoms with Crippen LogP contribution in [0.15, 0.2) is 59.2 Å². The van der Waals surface area contributed by atoms with Crippen molar-refractivity contribution in [2.24, 2.45) is 0 Å². The molecule has 2 nitrogen and oxygen atoms in total. The Hall–Kier alpha value is -2.00. The number of carbonyl (C=O) groups excluding carboxylic acids is 1. The first kappa shape index (κ1) is 13.0. The number of fused-ring (bicyclic) bond motifs is 1. The number of benzene rings is 2. The SMILES string of the molecule is O=Cc1cccc2c(Cc3cccc(Br)c3)nccc12. The second-order valence-corrected chi connectivity index (χ2v) is 5.54. The lowest BCUT2D eigenvalue weighted by Gasteiger charge is -2.07.